The second-order valence-electron chi connectivity index (χ2n) is 8.36. The van der Waals surface area contributed by atoms with E-state index >= 15 is 0 Å². The molecule has 158 valence electrons. The number of benzene rings is 2. The van der Waals surface area contributed by atoms with Crippen LogP contribution in [0.1, 0.15) is 84.0 Å². The van der Waals surface area contributed by atoms with Gasteiger partial charge >= 0.3 is 0 Å². The quantitative estimate of drug-likeness (QED) is 0.133. The number of rotatable bonds is 13. The standard InChI is InChI=1S/C26H35I2N/c1-2-3-4-5-6-7-8-9-10-11-12-13-18-29-25-16-14-21(27)19-23(25)24-20-22(28)15-17-26(24)29/h14-17,19-20H,2-13,18H2,1H3. The maximum Gasteiger partial charge on any atom is 0.0492 e. The number of halogens is 2. The Morgan fingerprint density at radius 3 is 1.45 bits per heavy atom. The van der Waals surface area contributed by atoms with E-state index in [2.05, 4.69) is 93.1 Å². The van der Waals surface area contributed by atoms with E-state index in [9.17, 15) is 0 Å². The molecule has 1 heterocycles. The molecule has 0 spiro atoms. The van der Waals surface area contributed by atoms with E-state index in [0.29, 0.717) is 0 Å². The normalized spacial score (nSPS) is 11.7. The summed E-state index contributed by atoms with van der Waals surface area (Å²) >= 11 is 4.86. The predicted octanol–water partition coefficient (Wildman–Crippen LogP) is 9.70. The molecule has 29 heavy (non-hydrogen) atoms. The van der Waals surface area contributed by atoms with E-state index in [1.807, 2.05) is 0 Å². The minimum absolute atomic E-state index is 1.14. The lowest BCUT2D eigenvalue weighted by Gasteiger charge is -2.08. The first-order valence-electron chi connectivity index (χ1n) is 11.6. The smallest absolute Gasteiger partial charge is 0.0492 e. The minimum atomic E-state index is 1.14. The SMILES string of the molecule is CCCCCCCCCCCCCCn1c2ccc(I)cc2c2cc(I)ccc21. The molecule has 3 heteroatoms. The molecule has 3 rings (SSSR count). The van der Waals surface area contributed by atoms with Crippen LogP contribution in [0, 0.1) is 7.14 Å². The molecule has 0 saturated carbocycles. The predicted molar refractivity (Wildman–Crippen MR) is 146 cm³/mol. The van der Waals surface area contributed by atoms with Gasteiger partial charge in [0.25, 0.3) is 0 Å². The molecule has 0 bridgehead atoms. The summed E-state index contributed by atoms with van der Waals surface area (Å²) in [5, 5.41) is 2.81. The van der Waals surface area contributed by atoms with Gasteiger partial charge in [0, 0.05) is 35.5 Å². The summed E-state index contributed by atoms with van der Waals surface area (Å²) < 4.78 is 5.18. The number of hydrogen-bond acceptors (Lipinski definition) is 0. The van der Waals surface area contributed by atoms with E-state index in [1.54, 1.807) is 0 Å². The molecule has 0 saturated heterocycles. The van der Waals surface area contributed by atoms with Gasteiger partial charge in [-0.05, 0) is 88.0 Å². The van der Waals surface area contributed by atoms with Gasteiger partial charge in [0.05, 0.1) is 0 Å². The summed E-state index contributed by atoms with van der Waals surface area (Å²) in [5.74, 6) is 0. The first kappa shape index (κ1) is 23.4. The summed E-state index contributed by atoms with van der Waals surface area (Å²) in [5.41, 5.74) is 2.79. The van der Waals surface area contributed by atoms with Crippen LogP contribution in [0.5, 0.6) is 0 Å². The van der Waals surface area contributed by atoms with Gasteiger partial charge in [-0.2, -0.15) is 0 Å². The van der Waals surface area contributed by atoms with Crippen LogP contribution in [0.25, 0.3) is 21.8 Å². The highest BCUT2D eigenvalue weighted by Crippen LogP contribution is 2.31. The van der Waals surface area contributed by atoms with Gasteiger partial charge in [0.1, 0.15) is 0 Å². The molecule has 0 amide bonds. The van der Waals surface area contributed by atoms with Crippen molar-refractivity contribution >= 4 is 67.0 Å². The lowest BCUT2D eigenvalue weighted by atomic mass is 10.1. The Bertz CT molecular complexity index is 837. The van der Waals surface area contributed by atoms with Crippen molar-refractivity contribution in [2.75, 3.05) is 0 Å². The molecule has 2 aromatic carbocycles. The van der Waals surface area contributed by atoms with E-state index in [4.69, 9.17) is 0 Å². The van der Waals surface area contributed by atoms with Gasteiger partial charge in [-0.3, -0.25) is 0 Å². The topological polar surface area (TPSA) is 4.93 Å². The van der Waals surface area contributed by atoms with Crippen molar-refractivity contribution in [1.29, 1.82) is 0 Å². The van der Waals surface area contributed by atoms with E-state index < -0.39 is 0 Å². The lowest BCUT2D eigenvalue weighted by Crippen LogP contribution is -1.97. The summed E-state index contributed by atoms with van der Waals surface area (Å²) in [4.78, 5) is 0. The van der Waals surface area contributed by atoms with Crippen LogP contribution in [0.4, 0.5) is 0 Å². The van der Waals surface area contributed by atoms with Crippen LogP contribution in [0.15, 0.2) is 36.4 Å². The molecule has 3 aromatic rings. The number of hydrogen-bond donors (Lipinski definition) is 0. The Kier molecular flexibility index (Phi) is 10.1. The molecule has 1 nitrogen and oxygen atoms in total. The van der Waals surface area contributed by atoms with Gasteiger partial charge in [-0.15, -0.1) is 0 Å². The van der Waals surface area contributed by atoms with E-state index in [0.717, 1.165) is 6.54 Å². The van der Waals surface area contributed by atoms with Gasteiger partial charge < -0.3 is 4.57 Å². The molecule has 0 atom stereocenters. The fraction of sp³-hybridized carbons (Fsp3) is 0.538. The Morgan fingerprint density at radius 1 is 0.586 bits per heavy atom. The molecular formula is C26H35I2N. The number of nitrogens with zero attached hydrogens (tertiary/aromatic N) is 1. The Hall–Kier alpha value is -0.300. The van der Waals surface area contributed by atoms with Crippen LogP contribution >= 0.6 is 45.2 Å². The van der Waals surface area contributed by atoms with Crippen LogP contribution in [0.2, 0.25) is 0 Å². The second-order valence-corrected chi connectivity index (χ2v) is 10.9. The summed E-state index contributed by atoms with van der Waals surface area (Å²) in [6, 6.07) is 13.8. The van der Waals surface area contributed by atoms with E-state index in [-0.39, 0.29) is 0 Å². The van der Waals surface area contributed by atoms with Crippen molar-refractivity contribution in [2.24, 2.45) is 0 Å². The van der Waals surface area contributed by atoms with Crippen LogP contribution in [-0.4, -0.2) is 4.57 Å². The second kappa shape index (κ2) is 12.5. The highest BCUT2D eigenvalue weighted by atomic mass is 127. The van der Waals surface area contributed by atoms with Gasteiger partial charge in [0.2, 0.25) is 0 Å². The third-order valence-electron chi connectivity index (χ3n) is 6.02. The van der Waals surface area contributed by atoms with Gasteiger partial charge in [-0.25, -0.2) is 0 Å². The Balaban J connectivity index is 1.44. The van der Waals surface area contributed by atoms with Gasteiger partial charge in [0.15, 0.2) is 0 Å². The molecule has 1 aromatic heterocycles. The van der Waals surface area contributed by atoms with Crippen molar-refractivity contribution in [3.63, 3.8) is 0 Å². The third kappa shape index (κ3) is 6.84. The zero-order valence-electron chi connectivity index (χ0n) is 17.9. The van der Waals surface area contributed by atoms with E-state index in [1.165, 1.54) is 106 Å². The fourth-order valence-electron chi connectivity index (χ4n) is 4.40. The lowest BCUT2D eigenvalue weighted by molar-refractivity contribution is 0.533. The minimum Gasteiger partial charge on any atom is -0.340 e. The fourth-order valence-corrected chi connectivity index (χ4v) is 5.38. The van der Waals surface area contributed by atoms with Crippen LogP contribution in [-0.2, 0) is 6.54 Å². The first-order valence-corrected chi connectivity index (χ1v) is 13.7. The number of aryl methyl sites for hydroxylation is 1. The molecule has 0 aliphatic carbocycles. The van der Waals surface area contributed by atoms with Gasteiger partial charge in [-0.1, -0.05) is 77.6 Å². The van der Waals surface area contributed by atoms with Crippen molar-refractivity contribution in [1.82, 2.24) is 4.57 Å². The zero-order chi connectivity index (χ0) is 20.5. The molecule has 0 N–H and O–H groups in total. The van der Waals surface area contributed by atoms with Crippen LogP contribution < -0.4 is 0 Å². The van der Waals surface area contributed by atoms with Crippen molar-refractivity contribution in [3.05, 3.63) is 43.5 Å². The first-order chi connectivity index (χ1) is 14.2. The molecule has 0 aliphatic rings. The van der Waals surface area contributed by atoms with Crippen molar-refractivity contribution in [2.45, 2.75) is 90.5 Å². The molecule has 0 aliphatic heterocycles. The maximum atomic E-state index is 2.55. The monoisotopic (exact) mass is 615 g/mol. The van der Waals surface area contributed by atoms with Crippen molar-refractivity contribution in [3.8, 4) is 0 Å². The number of fused-ring (bicyclic) bond motifs is 3. The molecule has 0 fully saturated rings. The summed E-state index contributed by atoms with van der Waals surface area (Å²) in [6.45, 7) is 3.43. The number of aromatic nitrogens is 1. The summed E-state index contributed by atoms with van der Waals surface area (Å²) in [6.07, 6.45) is 16.9. The largest absolute Gasteiger partial charge is 0.340 e. The number of unbranched alkanes of at least 4 members (excludes halogenated alkanes) is 11. The zero-order valence-corrected chi connectivity index (χ0v) is 22.2. The Morgan fingerprint density at radius 2 is 1.00 bits per heavy atom. The molecule has 0 radical (unpaired) electrons. The molecule has 0 unspecified atom stereocenters. The maximum absolute atomic E-state index is 2.55. The van der Waals surface area contributed by atoms with Crippen LogP contribution in [0.3, 0.4) is 0 Å². The average Bonchev–Trinajstić information content (AvgIpc) is 3.01. The highest BCUT2D eigenvalue weighted by Gasteiger charge is 2.11. The third-order valence-corrected chi connectivity index (χ3v) is 7.37. The highest BCUT2D eigenvalue weighted by molar-refractivity contribution is 14.1. The molecular weight excluding hydrogens is 580 g/mol. The Labute approximate surface area is 204 Å². The van der Waals surface area contributed by atoms with Crippen molar-refractivity contribution < 1.29 is 0 Å². The summed E-state index contributed by atoms with van der Waals surface area (Å²) in [7, 11) is 0. The average molecular weight is 615 g/mol.